The van der Waals surface area contributed by atoms with E-state index in [2.05, 4.69) is 48.3 Å². The maximum absolute atomic E-state index is 12.5. The number of benzene rings is 1. The zero-order valence-corrected chi connectivity index (χ0v) is 26.2. The zero-order chi connectivity index (χ0) is 30.9. The molecule has 1 unspecified atom stereocenters. The fourth-order valence-electron chi connectivity index (χ4n) is 5.58. The highest BCUT2D eigenvalue weighted by Crippen LogP contribution is 2.53. The van der Waals surface area contributed by atoms with E-state index in [1.807, 2.05) is 25.5 Å². The van der Waals surface area contributed by atoms with Crippen LogP contribution in [-0.4, -0.2) is 63.4 Å². The molecule has 2 aliphatic rings. The standard InChI is InChI=1S/C36H47N3O5/c1-26-14-15-27(9-3-6-13-35(42)39(2)22-8-7-10-28(41)24-40)38-33(26)25-43-36(19-20-36)32-23-37-21-18-30(32)31-11-4-5-12-34(31)44-29-16-17-29/h4-5,11-12,14-15,18,21,23,28-29,40-41H,3,6-10,13,16-17,19-20,22,24-25H2,1-2H3. The van der Waals surface area contributed by atoms with Gasteiger partial charge in [-0.25, -0.2) is 0 Å². The number of aliphatic hydroxyl groups is 2. The van der Waals surface area contributed by atoms with Crippen LogP contribution in [0.15, 0.2) is 54.9 Å². The molecule has 236 valence electrons. The van der Waals surface area contributed by atoms with Crippen molar-refractivity contribution in [1.82, 2.24) is 14.9 Å². The molecule has 0 saturated heterocycles. The van der Waals surface area contributed by atoms with Crippen molar-refractivity contribution < 1.29 is 24.5 Å². The number of para-hydroxylation sites is 1. The summed E-state index contributed by atoms with van der Waals surface area (Å²) in [6.07, 6.45) is 12.8. The molecular formula is C36H47N3O5. The van der Waals surface area contributed by atoms with E-state index in [4.69, 9.17) is 19.6 Å². The Labute approximate surface area is 261 Å². The second kappa shape index (κ2) is 15.1. The monoisotopic (exact) mass is 601 g/mol. The van der Waals surface area contributed by atoms with Crippen LogP contribution in [0, 0.1) is 6.92 Å². The molecule has 0 radical (unpaired) electrons. The molecule has 44 heavy (non-hydrogen) atoms. The summed E-state index contributed by atoms with van der Waals surface area (Å²) in [6, 6.07) is 14.5. The largest absolute Gasteiger partial charge is 0.490 e. The van der Waals surface area contributed by atoms with E-state index in [0.29, 0.717) is 32.1 Å². The highest BCUT2D eigenvalue weighted by atomic mass is 16.5. The number of hydrogen-bond donors (Lipinski definition) is 2. The first-order chi connectivity index (χ1) is 21.4. The quantitative estimate of drug-likeness (QED) is 0.175. The molecule has 1 aromatic carbocycles. The molecule has 5 rings (SSSR count). The Morgan fingerprint density at radius 2 is 1.89 bits per heavy atom. The van der Waals surface area contributed by atoms with Crippen LogP contribution in [0.5, 0.6) is 5.75 Å². The number of carbonyl (C=O) groups is 1. The van der Waals surface area contributed by atoms with E-state index in [-0.39, 0.29) is 18.1 Å². The van der Waals surface area contributed by atoms with Gasteiger partial charge in [0.2, 0.25) is 5.91 Å². The fraction of sp³-hybridized carbons (Fsp3) is 0.528. The lowest BCUT2D eigenvalue weighted by atomic mass is 9.96. The Hall–Kier alpha value is -3.33. The van der Waals surface area contributed by atoms with Crippen LogP contribution in [0.4, 0.5) is 0 Å². The first kappa shape index (κ1) is 32.1. The Morgan fingerprint density at radius 1 is 1.07 bits per heavy atom. The van der Waals surface area contributed by atoms with Crippen LogP contribution in [0.3, 0.4) is 0 Å². The summed E-state index contributed by atoms with van der Waals surface area (Å²) in [7, 11) is 1.83. The SMILES string of the molecule is Cc1ccc(CCCCC(=O)N(C)CCCCC(O)CO)nc1COC1(c2cnccc2-c2ccccc2OC2CC2)CC1. The first-order valence-corrected chi connectivity index (χ1v) is 16.2. The van der Waals surface area contributed by atoms with Gasteiger partial charge in [0, 0.05) is 49.2 Å². The molecule has 0 bridgehead atoms. The number of pyridine rings is 2. The minimum absolute atomic E-state index is 0.143. The molecule has 0 aliphatic heterocycles. The Bertz CT molecular complexity index is 1390. The molecular weight excluding hydrogens is 554 g/mol. The number of aryl methyl sites for hydroxylation is 2. The van der Waals surface area contributed by atoms with E-state index >= 15 is 0 Å². The van der Waals surface area contributed by atoms with E-state index in [0.717, 1.165) is 97.2 Å². The minimum Gasteiger partial charge on any atom is -0.490 e. The lowest BCUT2D eigenvalue weighted by Crippen LogP contribution is -2.27. The van der Waals surface area contributed by atoms with E-state index < -0.39 is 6.10 Å². The van der Waals surface area contributed by atoms with E-state index in [9.17, 15) is 9.90 Å². The number of nitrogens with zero attached hydrogens (tertiary/aromatic N) is 3. The van der Waals surface area contributed by atoms with Crippen molar-refractivity contribution in [3.63, 3.8) is 0 Å². The van der Waals surface area contributed by atoms with E-state index in [1.165, 1.54) is 0 Å². The van der Waals surface area contributed by atoms with Crippen molar-refractivity contribution in [2.75, 3.05) is 20.2 Å². The second-order valence-corrected chi connectivity index (χ2v) is 12.4. The molecule has 3 aromatic rings. The van der Waals surface area contributed by atoms with Gasteiger partial charge in [0.1, 0.15) is 5.75 Å². The van der Waals surface area contributed by atoms with Gasteiger partial charge in [-0.3, -0.25) is 14.8 Å². The maximum Gasteiger partial charge on any atom is 0.222 e. The number of aliphatic hydroxyl groups excluding tert-OH is 2. The molecule has 8 heteroatoms. The summed E-state index contributed by atoms with van der Waals surface area (Å²) in [4.78, 5) is 23.7. The average molecular weight is 602 g/mol. The molecule has 2 fully saturated rings. The van der Waals surface area contributed by atoms with Crippen LogP contribution < -0.4 is 4.74 Å². The summed E-state index contributed by atoms with van der Waals surface area (Å²) in [5.41, 5.74) is 6.04. The molecule has 2 N–H and O–H groups in total. The number of carbonyl (C=O) groups excluding carboxylic acids is 1. The normalized spacial score (nSPS) is 16.0. The molecule has 1 amide bonds. The van der Waals surface area contributed by atoms with Crippen LogP contribution in [0.2, 0.25) is 0 Å². The van der Waals surface area contributed by atoms with Crippen molar-refractivity contribution in [1.29, 1.82) is 0 Å². The van der Waals surface area contributed by atoms with E-state index in [1.54, 1.807) is 4.90 Å². The van der Waals surface area contributed by atoms with Gasteiger partial charge >= 0.3 is 0 Å². The highest BCUT2D eigenvalue weighted by Gasteiger charge is 2.48. The van der Waals surface area contributed by atoms with Crippen molar-refractivity contribution in [3.05, 3.63) is 77.4 Å². The van der Waals surface area contributed by atoms with Gasteiger partial charge in [0.15, 0.2) is 0 Å². The fourth-order valence-corrected chi connectivity index (χ4v) is 5.58. The van der Waals surface area contributed by atoms with Gasteiger partial charge in [-0.1, -0.05) is 24.3 Å². The van der Waals surface area contributed by atoms with Gasteiger partial charge in [-0.15, -0.1) is 0 Å². The predicted octanol–water partition coefficient (Wildman–Crippen LogP) is 5.89. The lowest BCUT2D eigenvalue weighted by Gasteiger charge is -2.22. The first-order valence-electron chi connectivity index (χ1n) is 16.2. The second-order valence-electron chi connectivity index (χ2n) is 12.4. The van der Waals surface area contributed by atoms with Gasteiger partial charge in [0.05, 0.1) is 36.7 Å². The van der Waals surface area contributed by atoms with Crippen LogP contribution >= 0.6 is 0 Å². The number of hydrogen-bond acceptors (Lipinski definition) is 7. The molecule has 2 heterocycles. The topological polar surface area (TPSA) is 105 Å². The van der Waals surface area contributed by atoms with Crippen molar-refractivity contribution in [3.8, 4) is 16.9 Å². The smallest absolute Gasteiger partial charge is 0.222 e. The number of unbranched alkanes of at least 4 members (excludes halogenated alkanes) is 2. The Balaban J connectivity index is 1.13. The average Bonchev–Trinajstić information content (AvgIpc) is 3.99. The third kappa shape index (κ3) is 8.65. The van der Waals surface area contributed by atoms with Gasteiger partial charge in [-0.2, -0.15) is 0 Å². The Morgan fingerprint density at radius 3 is 2.66 bits per heavy atom. The van der Waals surface area contributed by atoms with Crippen molar-refractivity contribution in [2.24, 2.45) is 0 Å². The highest BCUT2D eigenvalue weighted by molar-refractivity contribution is 5.76. The molecule has 0 spiro atoms. The summed E-state index contributed by atoms with van der Waals surface area (Å²) < 4.78 is 12.9. The summed E-state index contributed by atoms with van der Waals surface area (Å²) in [5, 5.41) is 18.4. The zero-order valence-electron chi connectivity index (χ0n) is 26.2. The third-order valence-electron chi connectivity index (χ3n) is 8.75. The summed E-state index contributed by atoms with van der Waals surface area (Å²) >= 11 is 0. The van der Waals surface area contributed by atoms with Crippen LogP contribution in [-0.2, 0) is 28.2 Å². The number of amides is 1. The van der Waals surface area contributed by atoms with Crippen molar-refractivity contribution in [2.45, 2.75) is 102 Å². The summed E-state index contributed by atoms with van der Waals surface area (Å²) in [5.74, 6) is 1.07. The molecule has 2 aromatic heterocycles. The number of aromatic nitrogens is 2. The summed E-state index contributed by atoms with van der Waals surface area (Å²) in [6.45, 7) is 2.97. The van der Waals surface area contributed by atoms with Crippen molar-refractivity contribution >= 4 is 5.91 Å². The van der Waals surface area contributed by atoms with Crippen LogP contribution in [0.1, 0.15) is 86.7 Å². The number of ether oxygens (including phenoxy) is 2. The molecule has 8 nitrogen and oxygen atoms in total. The predicted molar refractivity (Wildman–Crippen MR) is 170 cm³/mol. The molecule has 2 aliphatic carbocycles. The van der Waals surface area contributed by atoms with Gasteiger partial charge < -0.3 is 24.6 Å². The maximum atomic E-state index is 12.5. The molecule has 2 saturated carbocycles. The van der Waals surface area contributed by atoms with Gasteiger partial charge in [-0.05, 0) is 100 Å². The van der Waals surface area contributed by atoms with Crippen LogP contribution in [0.25, 0.3) is 11.1 Å². The number of rotatable bonds is 18. The minimum atomic E-state index is -0.665. The lowest BCUT2D eigenvalue weighted by molar-refractivity contribution is -0.130. The van der Waals surface area contributed by atoms with Gasteiger partial charge in [0.25, 0.3) is 0 Å². The molecule has 1 atom stereocenters. The third-order valence-corrected chi connectivity index (χ3v) is 8.75. The Kier molecular flexibility index (Phi) is 11.0.